The molecule has 3 aromatic rings. The minimum Gasteiger partial charge on any atom is -0.436 e. The normalized spacial score (nSPS) is 11.0. The molecule has 0 radical (unpaired) electrons. The van der Waals surface area contributed by atoms with Crippen molar-refractivity contribution < 1.29 is 4.42 Å². The molecule has 0 saturated carbocycles. The molecule has 0 fully saturated rings. The minimum absolute atomic E-state index is 0.527. The molecule has 0 atom stereocenters. The van der Waals surface area contributed by atoms with Crippen molar-refractivity contribution in [1.82, 2.24) is 4.98 Å². The molecule has 0 spiro atoms. The van der Waals surface area contributed by atoms with Crippen LogP contribution in [-0.2, 0) is 0 Å². The van der Waals surface area contributed by atoms with E-state index in [0.29, 0.717) is 22.2 Å². The zero-order valence-corrected chi connectivity index (χ0v) is 11.5. The molecule has 1 aromatic heterocycles. The Morgan fingerprint density at radius 2 is 2.00 bits per heavy atom. The van der Waals surface area contributed by atoms with Gasteiger partial charge < -0.3 is 10.2 Å². The number of nitrogens with two attached hydrogens (primary N) is 1. The van der Waals surface area contributed by atoms with E-state index in [1.165, 1.54) is 0 Å². The van der Waals surface area contributed by atoms with Crippen LogP contribution in [0.3, 0.4) is 0 Å². The minimum atomic E-state index is 0.527. The highest BCUT2D eigenvalue weighted by molar-refractivity contribution is 9.10. The molecule has 0 unspecified atom stereocenters. The van der Waals surface area contributed by atoms with E-state index in [9.17, 15) is 0 Å². The number of fused-ring (bicyclic) bond motifs is 1. The number of oxazole rings is 1. The number of nitrogen functional groups attached to an aromatic ring is 1. The van der Waals surface area contributed by atoms with Gasteiger partial charge in [-0.1, -0.05) is 27.5 Å². The number of halogens is 2. The molecule has 0 saturated heterocycles. The summed E-state index contributed by atoms with van der Waals surface area (Å²) in [4.78, 5) is 4.40. The van der Waals surface area contributed by atoms with Gasteiger partial charge in [-0.05, 0) is 30.3 Å². The lowest BCUT2D eigenvalue weighted by atomic mass is 10.2. The van der Waals surface area contributed by atoms with Crippen LogP contribution in [0.15, 0.2) is 45.3 Å². The summed E-state index contributed by atoms with van der Waals surface area (Å²) >= 11 is 9.40. The Labute approximate surface area is 117 Å². The summed E-state index contributed by atoms with van der Waals surface area (Å²) in [5, 5.41) is 0.626. The van der Waals surface area contributed by atoms with Crippen LogP contribution in [0.2, 0.25) is 5.02 Å². The topological polar surface area (TPSA) is 52.0 Å². The van der Waals surface area contributed by atoms with Crippen LogP contribution in [0.1, 0.15) is 0 Å². The Balaban J connectivity index is 2.19. The number of benzene rings is 2. The maximum atomic E-state index is 6.00. The predicted octanol–water partition coefficient (Wildman–Crippen LogP) is 4.49. The van der Waals surface area contributed by atoms with Crippen LogP contribution >= 0.6 is 27.5 Å². The number of hydrogen-bond acceptors (Lipinski definition) is 3. The van der Waals surface area contributed by atoms with Crippen molar-refractivity contribution in [1.29, 1.82) is 0 Å². The van der Waals surface area contributed by atoms with Crippen LogP contribution in [0.25, 0.3) is 22.6 Å². The second-order valence-electron chi connectivity index (χ2n) is 3.90. The number of anilines is 1. The molecule has 5 heteroatoms. The van der Waals surface area contributed by atoms with Crippen LogP contribution in [-0.4, -0.2) is 4.98 Å². The van der Waals surface area contributed by atoms with E-state index in [1.807, 2.05) is 18.2 Å². The fraction of sp³-hybridized carbons (Fsp3) is 0. The van der Waals surface area contributed by atoms with Gasteiger partial charge in [0, 0.05) is 26.8 Å². The van der Waals surface area contributed by atoms with E-state index in [2.05, 4.69) is 20.9 Å². The van der Waals surface area contributed by atoms with E-state index in [-0.39, 0.29) is 0 Å². The molecule has 90 valence electrons. The van der Waals surface area contributed by atoms with Gasteiger partial charge in [0.05, 0.1) is 0 Å². The first-order valence-electron chi connectivity index (χ1n) is 5.24. The van der Waals surface area contributed by atoms with Crippen LogP contribution in [0.5, 0.6) is 0 Å². The van der Waals surface area contributed by atoms with Gasteiger partial charge in [0.15, 0.2) is 5.58 Å². The first kappa shape index (κ1) is 11.6. The fourth-order valence-electron chi connectivity index (χ4n) is 1.74. The summed E-state index contributed by atoms with van der Waals surface area (Å²) in [5.74, 6) is 0.527. The maximum absolute atomic E-state index is 6.00. The van der Waals surface area contributed by atoms with Crippen molar-refractivity contribution in [2.24, 2.45) is 0 Å². The second kappa shape index (κ2) is 4.30. The van der Waals surface area contributed by atoms with E-state index in [1.54, 1.807) is 18.2 Å². The highest BCUT2D eigenvalue weighted by Gasteiger charge is 2.09. The molecule has 2 aromatic carbocycles. The van der Waals surface area contributed by atoms with Gasteiger partial charge in [-0.15, -0.1) is 0 Å². The summed E-state index contributed by atoms with van der Waals surface area (Å²) in [6.07, 6.45) is 0. The van der Waals surface area contributed by atoms with E-state index in [0.717, 1.165) is 15.6 Å². The Morgan fingerprint density at radius 1 is 1.17 bits per heavy atom. The molecule has 2 N–H and O–H groups in total. The van der Waals surface area contributed by atoms with E-state index < -0.39 is 0 Å². The van der Waals surface area contributed by atoms with Gasteiger partial charge >= 0.3 is 0 Å². The largest absolute Gasteiger partial charge is 0.436 e. The molecule has 0 bridgehead atoms. The fourth-order valence-corrected chi connectivity index (χ4v) is 2.60. The Bertz CT molecular complexity index is 719. The van der Waals surface area contributed by atoms with Crippen molar-refractivity contribution in [3.05, 3.63) is 45.9 Å². The third kappa shape index (κ3) is 2.09. The van der Waals surface area contributed by atoms with Gasteiger partial charge in [-0.2, -0.15) is 0 Å². The van der Waals surface area contributed by atoms with Gasteiger partial charge in [0.25, 0.3) is 0 Å². The Hall–Kier alpha value is -1.52. The predicted molar refractivity (Wildman–Crippen MR) is 76.6 cm³/mol. The molecular formula is C13H8BrClN2O. The molecule has 3 nitrogen and oxygen atoms in total. The van der Waals surface area contributed by atoms with Gasteiger partial charge in [-0.25, -0.2) is 4.98 Å². The van der Waals surface area contributed by atoms with E-state index >= 15 is 0 Å². The standard InChI is InChI=1S/C13H8BrClN2O/c14-8-3-7(4-9(15)5-8)13-17-11-2-1-10(16)6-12(11)18-13/h1-6H,16H2. The molecule has 1 heterocycles. The molecule has 0 aliphatic heterocycles. The SMILES string of the molecule is Nc1ccc2nc(-c3cc(Cl)cc(Br)c3)oc2c1. The van der Waals surface area contributed by atoms with Crippen molar-refractivity contribution in [3.63, 3.8) is 0 Å². The van der Waals surface area contributed by atoms with Crippen LogP contribution < -0.4 is 5.73 Å². The summed E-state index contributed by atoms with van der Waals surface area (Å²) in [6, 6.07) is 10.9. The highest BCUT2D eigenvalue weighted by atomic mass is 79.9. The first-order chi connectivity index (χ1) is 8.61. The molecule has 0 aliphatic rings. The Kier molecular flexibility index (Phi) is 2.76. The molecule has 0 aliphatic carbocycles. The summed E-state index contributed by atoms with van der Waals surface area (Å²) in [7, 11) is 0. The number of nitrogens with zero attached hydrogens (tertiary/aromatic N) is 1. The average molecular weight is 324 g/mol. The van der Waals surface area contributed by atoms with E-state index in [4.69, 9.17) is 21.8 Å². The lowest BCUT2D eigenvalue weighted by Gasteiger charge is -1.97. The average Bonchev–Trinajstić information content (AvgIpc) is 2.70. The smallest absolute Gasteiger partial charge is 0.227 e. The van der Waals surface area contributed by atoms with Gasteiger partial charge in [0.1, 0.15) is 5.52 Å². The van der Waals surface area contributed by atoms with Gasteiger partial charge in [-0.3, -0.25) is 0 Å². The summed E-state index contributed by atoms with van der Waals surface area (Å²) < 4.78 is 6.56. The first-order valence-corrected chi connectivity index (χ1v) is 6.41. The van der Waals surface area contributed by atoms with Crippen LogP contribution in [0.4, 0.5) is 5.69 Å². The molecule has 18 heavy (non-hydrogen) atoms. The maximum Gasteiger partial charge on any atom is 0.227 e. The zero-order chi connectivity index (χ0) is 12.7. The molecule has 0 amide bonds. The van der Waals surface area contributed by atoms with Gasteiger partial charge in [0.2, 0.25) is 5.89 Å². The van der Waals surface area contributed by atoms with Crippen molar-refractivity contribution in [2.75, 3.05) is 5.73 Å². The van der Waals surface area contributed by atoms with Crippen LogP contribution in [0, 0.1) is 0 Å². The third-order valence-electron chi connectivity index (χ3n) is 2.52. The number of hydrogen-bond donors (Lipinski definition) is 1. The quantitative estimate of drug-likeness (QED) is 0.671. The van der Waals surface area contributed by atoms with Crippen molar-refractivity contribution in [3.8, 4) is 11.5 Å². The summed E-state index contributed by atoms with van der Waals surface area (Å²) in [6.45, 7) is 0. The van der Waals surface area contributed by atoms with Crippen molar-refractivity contribution in [2.45, 2.75) is 0 Å². The second-order valence-corrected chi connectivity index (χ2v) is 5.26. The molecule has 3 rings (SSSR count). The zero-order valence-electron chi connectivity index (χ0n) is 9.15. The third-order valence-corrected chi connectivity index (χ3v) is 3.20. The monoisotopic (exact) mass is 322 g/mol. The van der Waals surface area contributed by atoms with Crippen molar-refractivity contribution >= 4 is 44.3 Å². The Morgan fingerprint density at radius 3 is 2.78 bits per heavy atom. The molecular weight excluding hydrogens is 316 g/mol. The summed E-state index contributed by atoms with van der Waals surface area (Å²) in [5.41, 5.74) is 8.62. The lowest BCUT2D eigenvalue weighted by Crippen LogP contribution is -1.81. The number of rotatable bonds is 1. The highest BCUT2D eigenvalue weighted by Crippen LogP contribution is 2.29. The number of aromatic nitrogens is 1. The lowest BCUT2D eigenvalue weighted by molar-refractivity contribution is 0.620.